The lowest BCUT2D eigenvalue weighted by Crippen LogP contribution is -2.42. The first kappa shape index (κ1) is 8.49. The quantitative estimate of drug-likeness (QED) is 0.573. The molecule has 4 atom stereocenters. The number of nitrogens with one attached hydrogen (secondary N) is 1. The molecule has 0 saturated carbocycles. The molecule has 0 aromatic carbocycles. The molecule has 1 heteroatoms. The van der Waals surface area contributed by atoms with E-state index >= 15 is 0 Å². The van der Waals surface area contributed by atoms with Crippen molar-refractivity contribution in [1.29, 1.82) is 0 Å². The van der Waals surface area contributed by atoms with Crippen molar-refractivity contribution in [2.45, 2.75) is 6.42 Å². The van der Waals surface area contributed by atoms with Crippen molar-refractivity contribution < 1.29 is 0 Å². The number of piperidine rings is 1. The summed E-state index contributed by atoms with van der Waals surface area (Å²) in [5.41, 5.74) is 0. The van der Waals surface area contributed by atoms with Gasteiger partial charge in [-0.05, 0) is 30.7 Å². The Kier molecular flexibility index (Phi) is 2.06. The molecule has 1 N–H and O–H groups in total. The van der Waals surface area contributed by atoms with Crippen LogP contribution in [-0.4, -0.2) is 13.1 Å². The van der Waals surface area contributed by atoms with Gasteiger partial charge in [0.05, 0.1) is 0 Å². The predicted molar refractivity (Wildman–Crippen MR) is 58.9 cm³/mol. The van der Waals surface area contributed by atoms with Crippen LogP contribution in [0.15, 0.2) is 36.5 Å². The molecule has 1 saturated heterocycles. The molecule has 0 spiro atoms. The summed E-state index contributed by atoms with van der Waals surface area (Å²) in [6.45, 7) is 2.39. The predicted octanol–water partition coefficient (Wildman–Crippen LogP) is 2.14. The molecular formula is C13H17N. The van der Waals surface area contributed by atoms with E-state index < -0.39 is 0 Å². The molecule has 74 valence electrons. The lowest BCUT2D eigenvalue weighted by molar-refractivity contribution is 0.204. The maximum Gasteiger partial charge on any atom is 0.00171 e. The second kappa shape index (κ2) is 3.39. The van der Waals surface area contributed by atoms with Gasteiger partial charge in [0.25, 0.3) is 0 Å². The molecule has 1 heterocycles. The Balaban J connectivity index is 1.90. The Labute approximate surface area is 85.6 Å². The summed E-state index contributed by atoms with van der Waals surface area (Å²) in [5.74, 6) is 3.12. The third kappa shape index (κ3) is 1.27. The van der Waals surface area contributed by atoms with E-state index in [4.69, 9.17) is 0 Å². The summed E-state index contributed by atoms with van der Waals surface area (Å²) in [4.78, 5) is 0. The van der Waals surface area contributed by atoms with Gasteiger partial charge in [-0.3, -0.25) is 0 Å². The van der Waals surface area contributed by atoms with Crippen molar-refractivity contribution in [3.8, 4) is 0 Å². The molecule has 14 heavy (non-hydrogen) atoms. The summed E-state index contributed by atoms with van der Waals surface area (Å²) < 4.78 is 0. The summed E-state index contributed by atoms with van der Waals surface area (Å²) >= 11 is 0. The van der Waals surface area contributed by atoms with E-state index in [1.165, 1.54) is 19.5 Å². The number of fused-ring (bicyclic) bond motifs is 3. The number of hydrogen-bond acceptors (Lipinski definition) is 1. The first-order valence-corrected chi connectivity index (χ1v) is 5.69. The molecule has 0 bridgehead atoms. The molecule has 4 unspecified atom stereocenters. The van der Waals surface area contributed by atoms with Gasteiger partial charge in [0.1, 0.15) is 0 Å². The highest BCUT2D eigenvalue weighted by Crippen LogP contribution is 2.40. The standard InChI is InChI=1S/C13H17N/c1-2-4-12-10(3-1)5-6-11-9-14-8-7-13(11)12/h1-6,10-14H,7-9H2. The lowest BCUT2D eigenvalue weighted by Gasteiger charge is -2.41. The Morgan fingerprint density at radius 1 is 1.00 bits per heavy atom. The average molecular weight is 187 g/mol. The van der Waals surface area contributed by atoms with Gasteiger partial charge < -0.3 is 5.32 Å². The fraction of sp³-hybridized carbons (Fsp3) is 0.538. The average Bonchev–Trinajstić information content (AvgIpc) is 2.29. The van der Waals surface area contributed by atoms with Crippen LogP contribution in [0, 0.1) is 23.7 Å². The molecule has 2 aliphatic carbocycles. The molecule has 1 nitrogen and oxygen atoms in total. The van der Waals surface area contributed by atoms with Crippen LogP contribution >= 0.6 is 0 Å². The van der Waals surface area contributed by atoms with Crippen molar-refractivity contribution in [2.75, 3.05) is 13.1 Å². The summed E-state index contributed by atoms with van der Waals surface area (Å²) in [5, 5.41) is 3.49. The van der Waals surface area contributed by atoms with Gasteiger partial charge >= 0.3 is 0 Å². The normalized spacial score (nSPS) is 44.6. The zero-order valence-corrected chi connectivity index (χ0v) is 8.39. The van der Waals surface area contributed by atoms with Gasteiger partial charge in [0.15, 0.2) is 0 Å². The van der Waals surface area contributed by atoms with E-state index in [0.29, 0.717) is 5.92 Å². The van der Waals surface area contributed by atoms with Crippen LogP contribution in [0.2, 0.25) is 0 Å². The molecule has 1 aliphatic heterocycles. The van der Waals surface area contributed by atoms with Crippen LogP contribution in [0.4, 0.5) is 0 Å². The van der Waals surface area contributed by atoms with Crippen molar-refractivity contribution in [3.05, 3.63) is 36.5 Å². The molecule has 1 fully saturated rings. The largest absolute Gasteiger partial charge is 0.316 e. The summed E-state index contributed by atoms with van der Waals surface area (Å²) in [6.07, 6.45) is 15.3. The zero-order chi connectivity index (χ0) is 9.38. The first-order valence-electron chi connectivity index (χ1n) is 5.69. The van der Waals surface area contributed by atoms with Gasteiger partial charge in [-0.25, -0.2) is 0 Å². The second-order valence-electron chi connectivity index (χ2n) is 4.63. The minimum absolute atomic E-state index is 0.680. The summed E-state index contributed by atoms with van der Waals surface area (Å²) in [7, 11) is 0. The van der Waals surface area contributed by atoms with E-state index in [1.807, 2.05) is 0 Å². The van der Waals surface area contributed by atoms with Crippen molar-refractivity contribution in [1.82, 2.24) is 5.32 Å². The van der Waals surface area contributed by atoms with Crippen LogP contribution in [0.3, 0.4) is 0 Å². The number of rotatable bonds is 0. The highest BCUT2D eigenvalue weighted by molar-refractivity contribution is 5.23. The fourth-order valence-electron chi connectivity index (χ4n) is 3.12. The molecule has 0 amide bonds. The molecule has 3 rings (SSSR count). The number of hydrogen-bond donors (Lipinski definition) is 1. The Morgan fingerprint density at radius 2 is 1.93 bits per heavy atom. The Bertz CT molecular complexity index is 300. The van der Waals surface area contributed by atoms with Gasteiger partial charge in [0, 0.05) is 12.5 Å². The maximum absolute atomic E-state index is 3.49. The van der Waals surface area contributed by atoms with E-state index in [1.54, 1.807) is 0 Å². The van der Waals surface area contributed by atoms with Crippen LogP contribution < -0.4 is 5.32 Å². The SMILES string of the molecule is C1=CC2C=CC3CNCCC3C2C=C1. The van der Waals surface area contributed by atoms with Crippen molar-refractivity contribution >= 4 is 0 Å². The monoisotopic (exact) mass is 187 g/mol. The third-order valence-electron chi connectivity index (χ3n) is 3.88. The van der Waals surface area contributed by atoms with Crippen LogP contribution in [0.1, 0.15) is 6.42 Å². The number of allylic oxidation sites excluding steroid dienone is 5. The minimum Gasteiger partial charge on any atom is -0.316 e. The topological polar surface area (TPSA) is 12.0 Å². The van der Waals surface area contributed by atoms with E-state index in [0.717, 1.165) is 17.8 Å². The molecule has 0 aromatic heterocycles. The van der Waals surface area contributed by atoms with Gasteiger partial charge in [-0.1, -0.05) is 36.5 Å². The van der Waals surface area contributed by atoms with Gasteiger partial charge in [0.2, 0.25) is 0 Å². The van der Waals surface area contributed by atoms with Crippen molar-refractivity contribution in [3.63, 3.8) is 0 Å². The lowest BCUT2D eigenvalue weighted by atomic mass is 9.67. The smallest absolute Gasteiger partial charge is 0.00171 e. The molecular weight excluding hydrogens is 170 g/mol. The zero-order valence-electron chi connectivity index (χ0n) is 8.39. The Hall–Kier alpha value is -0.820. The van der Waals surface area contributed by atoms with Gasteiger partial charge in [-0.2, -0.15) is 0 Å². The highest BCUT2D eigenvalue weighted by Gasteiger charge is 2.35. The second-order valence-corrected chi connectivity index (χ2v) is 4.63. The van der Waals surface area contributed by atoms with E-state index in [-0.39, 0.29) is 0 Å². The van der Waals surface area contributed by atoms with Crippen molar-refractivity contribution in [2.24, 2.45) is 23.7 Å². The fourth-order valence-corrected chi connectivity index (χ4v) is 3.12. The molecule has 0 radical (unpaired) electrons. The summed E-state index contributed by atoms with van der Waals surface area (Å²) in [6, 6.07) is 0. The van der Waals surface area contributed by atoms with E-state index in [9.17, 15) is 0 Å². The van der Waals surface area contributed by atoms with Crippen LogP contribution in [0.25, 0.3) is 0 Å². The molecule has 3 aliphatic rings. The highest BCUT2D eigenvalue weighted by atomic mass is 14.9. The maximum atomic E-state index is 3.49. The van der Waals surface area contributed by atoms with Crippen LogP contribution in [-0.2, 0) is 0 Å². The molecule has 0 aromatic rings. The van der Waals surface area contributed by atoms with Gasteiger partial charge in [-0.15, -0.1) is 0 Å². The van der Waals surface area contributed by atoms with Crippen LogP contribution in [0.5, 0.6) is 0 Å². The Morgan fingerprint density at radius 3 is 2.93 bits per heavy atom. The van der Waals surface area contributed by atoms with E-state index in [2.05, 4.69) is 41.8 Å². The first-order chi connectivity index (χ1) is 6.95. The minimum atomic E-state index is 0.680. The third-order valence-corrected chi connectivity index (χ3v) is 3.88.